The lowest BCUT2D eigenvalue weighted by atomic mass is 9.95. The highest BCUT2D eigenvalue weighted by atomic mass is 16.2. The van der Waals surface area contributed by atoms with E-state index in [-0.39, 0.29) is 5.92 Å². The predicted molar refractivity (Wildman–Crippen MR) is 147 cm³/mol. The van der Waals surface area contributed by atoms with Gasteiger partial charge in [-0.15, -0.1) is 0 Å². The number of rotatable bonds is 6. The second kappa shape index (κ2) is 10.6. The molecule has 6 heteroatoms. The third kappa shape index (κ3) is 5.15. The first kappa shape index (κ1) is 24.8. The zero-order valence-electron chi connectivity index (χ0n) is 22.4. The van der Waals surface area contributed by atoms with E-state index in [1.165, 1.54) is 16.8 Å². The topological polar surface area (TPSA) is 44.6 Å². The summed E-state index contributed by atoms with van der Waals surface area (Å²) < 4.78 is 2.36. The molecule has 36 heavy (non-hydrogen) atoms. The second-order valence-corrected chi connectivity index (χ2v) is 11.1. The summed E-state index contributed by atoms with van der Waals surface area (Å²) in [7, 11) is 0. The highest BCUT2D eigenvalue weighted by molar-refractivity contribution is 5.79. The van der Waals surface area contributed by atoms with Crippen LogP contribution in [0.5, 0.6) is 0 Å². The summed E-state index contributed by atoms with van der Waals surface area (Å²) in [4.78, 5) is 25.3. The number of carbonyl (C=O) groups excluding carboxylic acids is 1. The molecule has 5 rings (SSSR count). The number of aromatic nitrogens is 2. The lowest BCUT2D eigenvalue weighted by molar-refractivity contribution is -0.137. The Morgan fingerprint density at radius 2 is 1.56 bits per heavy atom. The van der Waals surface area contributed by atoms with Crippen molar-refractivity contribution in [1.29, 1.82) is 0 Å². The summed E-state index contributed by atoms with van der Waals surface area (Å²) in [5.74, 6) is 2.20. The summed E-state index contributed by atoms with van der Waals surface area (Å²) in [5.41, 5.74) is 4.93. The molecule has 2 aliphatic rings. The monoisotopic (exact) mass is 487 g/mol. The number of likely N-dealkylation sites (tertiary alicyclic amines) is 1. The van der Waals surface area contributed by atoms with Gasteiger partial charge in [-0.1, -0.05) is 38.1 Å². The standard InChI is InChI=1S/C30H41N5O/c1-22(2)24-9-11-26(12-10-24)33-17-19-34(20-18-33)30(36)25-13-15-32(16-14-25)21-29-31-27-7-5-6-8-28(27)35(29)23(3)4/h5-12,22-23,25H,13-21H2,1-4H3. The van der Waals surface area contributed by atoms with E-state index in [9.17, 15) is 4.79 Å². The number of piperazine rings is 1. The van der Waals surface area contributed by atoms with E-state index in [0.717, 1.165) is 70.0 Å². The fourth-order valence-corrected chi connectivity index (χ4v) is 5.83. The van der Waals surface area contributed by atoms with Crippen molar-refractivity contribution in [2.75, 3.05) is 44.2 Å². The van der Waals surface area contributed by atoms with Gasteiger partial charge in [0.1, 0.15) is 5.82 Å². The molecule has 0 N–H and O–H groups in total. The molecule has 192 valence electrons. The normalized spacial score (nSPS) is 18.1. The van der Waals surface area contributed by atoms with Gasteiger partial charge in [0.2, 0.25) is 5.91 Å². The number of fused-ring (bicyclic) bond motifs is 1. The molecule has 6 nitrogen and oxygen atoms in total. The van der Waals surface area contributed by atoms with Gasteiger partial charge in [-0.2, -0.15) is 0 Å². The minimum absolute atomic E-state index is 0.155. The summed E-state index contributed by atoms with van der Waals surface area (Å²) >= 11 is 0. The number of hydrogen-bond acceptors (Lipinski definition) is 4. The zero-order chi connectivity index (χ0) is 25.2. The van der Waals surface area contributed by atoms with Gasteiger partial charge in [0, 0.05) is 43.8 Å². The van der Waals surface area contributed by atoms with Crippen LogP contribution in [0, 0.1) is 5.92 Å². The molecule has 1 aromatic heterocycles. The van der Waals surface area contributed by atoms with Gasteiger partial charge >= 0.3 is 0 Å². The van der Waals surface area contributed by atoms with E-state index in [1.807, 2.05) is 0 Å². The van der Waals surface area contributed by atoms with Crippen LogP contribution in [0.2, 0.25) is 0 Å². The number of para-hydroxylation sites is 2. The number of amides is 1. The first-order valence-electron chi connectivity index (χ1n) is 13.7. The van der Waals surface area contributed by atoms with E-state index < -0.39 is 0 Å². The Kier molecular flexibility index (Phi) is 7.33. The summed E-state index contributed by atoms with van der Waals surface area (Å²) in [6, 6.07) is 17.7. The van der Waals surface area contributed by atoms with Gasteiger partial charge in [0.15, 0.2) is 0 Å². The number of piperidine rings is 1. The maximum Gasteiger partial charge on any atom is 0.225 e. The average Bonchev–Trinajstić information content (AvgIpc) is 3.27. The van der Waals surface area contributed by atoms with Crippen LogP contribution >= 0.6 is 0 Å². The molecule has 0 bridgehead atoms. The minimum atomic E-state index is 0.155. The third-order valence-corrected chi connectivity index (χ3v) is 8.00. The maximum absolute atomic E-state index is 13.3. The van der Waals surface area contributed by atoms with E-state index in [0.29, 0.717) is 17.9 Å². The molecule has 2 saturated heterocycles. The Balaban J connectivity index is 1.13. The van der Waals surface area contributed by atoms with Crippen molar-refractivity contribution in [2.24, 2.45) is 5.92 Å². The van der Waals surface area contributed by atoms with Crippen molar-refractivity contribution in [2.45, 2.75) is 59.0 Å². The number of nitrogens with zero attached hydrogens (tertiary/aromatic N) is 5. The zero-order valence-corrected chi connectivity index (χ0v) is 22.4. The van der Waals surface area contributed by atoms with Crippen molar-refractivity contribution < 1.29 is 4.79 Å². The van der Waals surface area contributed by atoms with Gasteiger partial charge in [-0.25, -0.2) is 4.98 Å². The number of anilines is 1. The second-order valence-electron chi connectivity index (χ2n) is 11.1. The molecule has 0 spiro atoms. The first-order chi connectivity index (χ1) is 17.4. The van der Waals surface area contributed by atoms with Crippen LogP contribution < -0.4 is 4.90 Å². The van der Waals surface area contributed by atoms with Gasteiger partial charge in [-0.05, 0) is 75.5 Å². The van der Waals surface area contributed by atoms with Crippen LogP contribution in [0.1, 0.15) is 63.9 Å². The van der Waals surface area contributed by atoms with Crippen molar-refractivity contribution in [3.05, 3.63) is 59.9 Å². The molecule has 0 radical (unpaired) electrons. The lowest BCUT2D eigenvalue weighted by Crippen LogP contribution is -2.51. The highest BCUT2D eigenvalue weighted by Crippen LogP contribution is 2.26. The highest BCUT2D eigenvalue weighted by Gasteiger charge is 2.31. The van der Waals surface area contributed by atoms with Crippen molar-refractivity contribution >= 4 is 22.6 Å². The Labute approximate surface area is 215 Å². The van der Waals surface area contributed by atoms with Gasteiger partial charge in [0.05, 0.1) is 17.6 Å². The Bertz CT molecular complexity index is 1170. The van der Waals surface area contributed by atoms with Gasteiger partial charge < -0.3 is 14.4 Å². The number of hydrogen-bond donors (Lipinski definition) is 0. The van der Waals surface area contributed by atoms with Gasteiger partial charge in [0.25, 0.3) is 0 Å². The first-order valence-corrected chi connectivity index (χ1v) is 13.7. The average molecular weight is 488 g/mol. The van der Waals surface area contributed by atoms with E-state index in [4.69, 9.17) is 4.98 Å². The molecule has 3 heterocycles. The van der Waals surface area contributed by atoms with Crippen LogP contribution in [-0.4, -0.2) is 64.5 Å². The summed E-state index contributed by atoms with van der Waals surface area (Å²) in [5, 5.41) is 0. The van der Waals surface area contributed by atoms with Crippen LogP contribution in [0.25, 0.3) is 11.0 Å². The smallest absolute Gasteiger partial charge is 0.225 e. The maximum atomic E-state index is 13.3. The Morgan fingerprint density at radius 1 is 0.889 bits per heavy atom. The molecule has 2 aromatic carbocycles. The van der Waals surface area contributed by atoms with E-state index in [2.05, 4.69) is 95.5 Å². The molecule has 0 atom stereocenters. The van der Waals surface area contributed by atoms with Crippen LogP contribution in [0.4, 0.5) is 5.69 Å². The van der Waals surface area contributed by atoms with Crippen LogP contribution in [-0.2, 0) is 11.3 Å². The minimum Gasteiger partial charge on any atom is -0.368 e. The van der Waals surface area contributed by atoms with E-state index in [1.54, 1.807) is 0 Å². The largest absolute Gasteiger partial charge is 0.368 e. The molecule has 2 aliphatic heterocycles. The quantitative estimate of drug-likeness (QED) is 0.473. The molecule has 0 unspecified atom stereocenters. The fourth-order valence-electron chi connectivity index (χ4n) is 5.83. The SMILES string of the molecule is CC(C)c1ccc(N2CCN(C(=O)C3CCN(Cc4nc5ccccc5n4C(C)C)CC3)CC2)cc1. The van der Waals surface area contributed by atoms with Crippen LogP contribution in [0.15, 0.2) is 48.5 Å². The lowest BCUT2D eigenvalue weighted by Gasteiger charge is -2.39. The summed E-state index contributed by atoms with van der Waals surface area (Å²) in [6.07, 6.45) is 1.88. The van der Waals surface area contributed by atoms with Crippen molar-refractivity contribution in [3.63, 3.8) is 0 Å². The molecule has 3 aromatic rings. The number of carbonyl (C=O) groups is 1. The Hall–Kier alpha value is -2.86. The molecule has 1 amide bonds. The predicted octanol–water partition coefficient (Wildman–Crippen LogP) is 5.30. The molecule has 0 saturated carbocycles. The molecular formula is C30H41N5O. The molecule has 0 aliphatic carbocycles. The number of benzene rings is 2. The molecule has 2 fully saturated rings. The van der Waals surface area contributed by atoms with Gasteiger partial charge in [-0.3, -0.25) is 9.69 Å². The fraction of sp³-hybridized carbons (Fsp3) is 0.533. The number of imidazole rings is 1. The Morgan fingerprint density at radius 3 is 2.19 bits per heavy atom. The molecular weight excluding hydrogens is 446 g/mol. The third-order valence-electron chi connectivity index (χ3n) is 8.00. The van der Waals surface area contributed by atoms with E-state index >= 15 is 0 Å². The van der Waals surface area contributed by atoms with Crippen molar-refractivity contribution in [1.82, 2.24) is 19.4 Å². The van der Waals surface area contributed by atoms with Crippen molar-refractivity contribution in [3.8, 4) is 0 Å². The summed E-state index contributed by atoms with van der Waals surface area (Å²) in [6.45, 7) is 15.1. The van der Waals surface area contributed by atoms with Crippen LogP contribution in [0.3, 0.4) is 0 Å².